The Labute approximate surface area is 174 Å². The Morgan fingerprint density at radius 3 is 2.83 bits per heavy atom. The van der Waals surface area contributed by atoms with Crippen LogP contribution in [0.1, 0.15) is 29.0 Å². The van der Waals surface area contributed by atoms with E-state index in [0.29, 0.717) is 24.0 Å². The number of piperidine rings is 1. The molecule has 1 amide bonds. The quantitative estimate of drug-likeness (QED) is 0.568. The van der Waals surface area contributed by atoms with E-state index >= 15 is 0 Å². The van der Waals surface area contributed by atoms with Gasteiger partial charge in [0, 0.05) is 43.3 Å². The molecule has 7 nitrogen and oxygen atoms in total. The maximum Gasteiger partial charge on any atom is 0.273 e. The average Bonchev–Trinajstić information content (AvgIpc) is 3.34. The summed E-state index contributed by atoms with van der Waals surface area (Å²) in [6, 6.07) is 9.85. The lowest BCUT2D eigenvalue weighted by Gasteiger charge is -2.32. The fraction of sp³-hybridized carbons (Fsp3) is 0.261. The number of benzene rings is 1. The maximum atomic E-state index is 13.2. The first kappa shape index (κ1) is 18.4. The number of aromatic nitrogens is 5. The van der Waals surface area contributed by atoms with E-state index in [2.05, 4.69) is 24.9 Å². The van der Waals surface area contributed by atoms with Crippen molar-refractivity contribution in [2.45, 2.75) is 19.3 Å². The third-order valence-corrected chi connectivity index (χ3v) is 5.63. The van der Waals surface area contributed by atoms with Gasteiger partial charge in [0.1, 0.15) is 11.4 Å². The molecule has 5 rings (SSSR count). The predicted octanol–water partition coefficient (Wildman–Crippen LogP) is 3.51. The summed E-state index contributed by atoms with van der Waals surface area (Å²) >= 11 is 0. The molecule has 0 radical (unpaired) electrons. The van der Waals surface area contributed by atoms with Crippen LogP contribution in [0.25, 0.3) is 22.3 Å². The fourth-order valence-electron chi connectivity index (χ4n) is 4.14. The Hall–Kier alpha value is -3.61. The average molecular weight is 398 g/mol. The summed E-state index contributed by atoms with van der Waals surface area (Å²) in [5.74, 6) is 1.09. The number of rotatable bonds is 4. The Bertz CT molecular complexity index is 1150. The molecule has 150 valence electrons. The molecule has 1 N–H and O–H groups in total. The summed E-state index contributed by atoms with van der Waals surface area (Å²) < 4.78 is 0. The van der Waals surface area contributed by atoms with Gasteiger partial charge in [-0.2, -0.15) is 0 Å². The number of likely N-dealkylation sites (tertiary alicyclic amines) is 1. The molecule has 0 saturated carbocycles. The standard InChI is InChI=1S/C23H22N6O/c30-23(21-19-6-2-1-5-17(19)7-8-24-21)29-11-3-4-16(15-29)12-18-13-28-20(14-27-18)22-25-9-10-26-22/h1-2,5-10,13-14,16H,3-4,11-12,15H2,(H,25,26). The van der Waals surface area contributed by atoms with E-state index in [9.17, 15) is 4.79 Å². The molecule has 30 heavy (non-hydrogen) atoms. The molecule has 1 unspecified atom stereocenters. The molecule has 1 atom stereocenters. The number of H-pyrrole nitrogens is 1. The van der Waals surface area contributed by atoms with E-state index in [-0.39, 0.29) is 5.91 Å². The van der Waals surface area contributed by atoms with Crippen LogP contribution >= 0.6 is 0 Å². The van der Waals surface area contributed by atoms with Crippen molar-refractivity contribution in [1.82, 2.24) is 29.8 Å². The summed E-state index contributed by atoms with van der Waals surface area (Å²) in [6.07, 6.45) is 11.6. The van der Waals surface area contributed by atoms with Gasteiger partial charge in [0.2, 0.25) is 0 Å². The van der Waals surface area contributed by atoms with Gasteiger partial charge in [-0.25, -0.2) is 9.97 Å². The Kier molecular flexibility index (Phi) is 4.93. The Morgan fingerprint density at radius 1 is 1.07 bits per heavy atom. The van der Waals surface area contributed by atoms with E-state index in [1.165, 1.54) is 0 Å². The lowest BCUT2D eigenvalue weighted by atomic mass is 9.93. The molecule has 4 heterocycles. The number of nitrogens with zero attached hydrogens (tertiary/aromatic N) is 5. The number of aromatic amines is 1. The van der Waals surface area contributed by atoms with Crippen LogP contribution in [-0.4, -0.2) is 48.8 Å². The largest absolute Gasteiger partial charge is 0.343 e. The van der Waals surface area contributed by atoms with Crippen LogP contribution in [0.4, 0.5) is 0 Å². The number of hydrogen-bond acceptors (Lipinski definition) is 5. The second kappa shape index (κ2) is 8.02. The van der Waals surface area contributed by atoms with E-state index < -0.39 is 0 Å². The first-order valence-electron chi connectivity index (χ1n) is 10.2. The van der Waals surface area contributed by atoms with Gasteiger partial charge in [-0.15, -0.1) is 0 Å². The molecule has 1 aromatic carbocycles. The zero-order valence-corrected chi connectivity index (χ0v) is 16.5. The molecule has 0 aliphatic carbocycles. The van der Waals surface area contributed by atoms with Crippen molar-refractivity contribution in [3.05, 3.63) is 72.7 Å². The number of amides is 1. The van der Waals surface area contributed by atoms with E-state index in [1.807, 2.05) is 41.4 Å². The van der Waals surface area contributed by atoms with Gasteiger partial charge in [-0.05, 0) is 36.6 Å². The second-order valence-corrected chi connectivity index (χ2v) is 7.67. The second-order valence-electron chi connectivity index (χ2n) is 7.67. The maximum absolute atomic E-state index is 13.2. The minimum Gasteiger partial charge on any atom is -0.343 e. The van der Waals surface area contributed by atoms with Crippen molar-refractivity contribution >= 4 is 16.7 Å². The van der Waals surface area contributed by atoms with Crippen molar-refractivity contribution in [2.75, 3.05) is 13.1 Å². The van der Waals surface area contributed by atoms with Crippen LogP contribution in [0.3, 0.4) is 0 Å². The van der Waals surface area contributed by atoms with Crippen LogP contribution in [0.15, 0.2) is 61.3 Å². The molecule has 1 aliphatic heterocycles. The highest BCUT2D eigenvalue weighted by molar-refractivity contribution is 6.05. The van der Waals surface area contributed by atoms with E-state index in [0.717, 1.165) is 48.0 Å². The molecule has 0 spiro atoms. The first-order chi connectivity index (χ1) is 14.8. The zero-order chi connectivity index (χ0) is 20.3. The Balaban J connectivity index is 1.29. The number of carbonyl (C=O) groups excluding carboxylic acids is 1. The molecule has 0 bridgehead atoms. The van der Waals surface area contributed by atoms with Gasteiger partial charge >= 0.3 is 0 Å². The molecule has 1 saturated heterocycles. The number of fused-ring (bicyclic) bond motifs is 1. The summed E-state index contributed by atoms with van der Waals surface area (Å²) in [5, 5.41) is 1.95. The summed E-state index contributed by atoms with van der Waals surface area (Å²) in [6.45, 7) is 1.48. The predicted molar refractivity (Wildman–Crippen MR) is 114 cm³/mol. The highest BCUT2D eigenvalue weighted by atomic mass is 16.2. The summed E-state index contributed by atoms with van der Waals surface area (Å²) in [4.78, 5) is 35.8. The minimum absolute atomic E-state index is 0.00996. The van der Waals surface area contributed by atoms with Crippen LogP contribution in [0.5, 0.6) is 0 Å². The summed E-state index contributed by atoms with van der Waals surface area (Å²) in [7, 11) is 0. The number of imidazole rings is 1. The monoisotopic (exact) mass is 398 g/mol. The number of hydrogen-bond donors (Lipinski definition) is 1. The molecular formula is C23H22N6O. The lowest BCUT2D eigenvalue weighted by Crippen LogP contribution is -2.41. The molecule has 4 aromatic rings. The summed E-state index contributed by atoms with van der Waals surface area (Å²) in [5.41, 5.74) is 2.20. The SMILES string of the molecule is O=C(c1nccc2ccccc12)N1CCCC(Cc2cnc(-c3ncc[nH]3)cn2)C1. The zero-order valence-electron chi connectivity index (χ0n) is 16.5. The van der Waals surface area contributed by atoms with Gasteiger partial charge in [-0.3, -0.25) is 14.8 Å². The third-order valence-electron chi connectivity index (χ3n) is 5.63. The van der Waals surface area contributed by atoms with Crippen molar-refractivity contribution in [3.63, 3.8) is 0 Å². The third kappa shape index (κ3) is 3.66. The highest BCUT2D eigenvalue weighted by Gasteiger charge is 2.26. The topological polar surface area (TPSA) is 87.7 Å². The first-order valence-corrected chi connectivity index (χ1v) is 10.2. The number of carbonyl (C=O) groups is 1. The lowest BCUT2D eigenvalue weighted by molar-refractivity contribution is 0.0669. The van der Waals surface area contributed by atoms with Crippen molar-refractivity contribution in [3.8, 4) is 11.5 Å². The molecule has 1 aliphatic rings. The van der Waals surface area contributed by atoms with Gasteiger partial charge in [0.25, 0.3) is 5.91 Å². The van der Waals surface area contributed by atoms with Gasteiger partial charge in [-0.1, -0.05) is 24.3 Å². The van der Waals surface area contributed by atoms with Gasteiger partial charge in [0.05, 0.1) is 11.9 Å². The van der Waals surface area contributed by atoms with E-state index in [4.69, 9.17) is 0 Å². The fourth-order valence-corrected chi connectivity index (χ4v) is 4.14. The Morgan fingerprint density at radius 2 is 2.00 bits per heavy atom. The molecular weight excluding hydrogens is 376 g/mol. The normalized spacial score (nSPS) is 16.7. The van der Waals surface area contributed by atoms with Crippen molar-refractivity contribution < 1.29 is 4.79 Å². The van der Waals surface area contributed by atoms with Gasteiger partial charge in [0.15, 0.2) is 5.82 Å². The van der Waals surface area contributed by atoms with Crippen LogP contribution in [0.2, 0.25) is 0 Å². The number of pyridine rings is 1. The molecule has 7 heteroatoms. The number of nitrogens with one attached hydrogen (secondary N) is 1. The highest BCUT2D eigenvalue weighted by Crippen LogP contribution is 2.24. The van der Waals surface area contributed by atoms with E-state index in [1.54, 1.807) is 24.8 Å². The smallest absolute Gasteiger partial charge is 0.273 e. The van der Waals surface area contributed by atoms with Crippen LogP contribution in [0, 0.1) is 5.92 Å². The van der Waals surface area contributed by atoms with Crippen LogP contribution < -0.4 is 0 Å². The molecule has 3 aromatic heterocycles. The van der Waals surface area contributed by atoms with Crippen LogP contribution in [-0.2, 0) is 6.42 Å². The minimum atomic E-state index is 0.00996. The van der Waals surface area contributed by atoms with Crippen molar-refractivity contribution in [1.29, 1.82) is 0 Å². The van der Waals surface area contributed by atoms with Crippen molar-refractivity contribution in [2.24, 2.45) is 5.92 Å². The van der Waals surface area contributed by atoms with Gasteiger partial charge < -0.3 is 9.88 Å². The molecule has 1 fully saturated rings.